The van der Waals surface area contributed by atoms with Crippen LogP contribution in [0.15, 0.2) is 23.1 Å². The third-order valence-electron chi connectivity index (χ3n) is 2.64. The number of ether oxygens (including phenoxy) is 2. The molecule has 0 aliphatic heterocycles. The van der Waals surface area contributed by atoms with Crippen molar-refractivity contribution in [2.24, 2.45) is 0 Å². The number of rotatable bonds is 6. The minimum absolute atomic E-state index is 0.213. The zero-order valence-corrected chi connectivity index (χ0v) is 12.9. The van der Waals surface area contributed by atoms with Crippen LogP contribution in [0.25, 0.3) is 0 Å². The number of pyridine rings is 1. The monoisotopic (exact) mass is 283 g/mol. The maximum absolute atomic E-state index is 11.7. The fourth-order valence-electron chi connectivity index (χ4n) is 1.40. The number of carbonyl (C=O) groups excluding carboxylic acids is 1. The lowest BCUT2D eigenvalue weighted by Crippen LogP contribution is -2.25. The Morgan fingerprint density at radius 1 is 1.37 bits per heavy atom. The van der Waals surface area contributed by atoms with E-state index < -0.39 is 14.0 Å². The molecule has 1 aromatic rings. The third-order valence-corrected chi connectivity index (χ3v) is 4.35. The number of methoxy groups -OCH3 is 1. The van der Waals surface area contributed by atoms with E-state index in [-0.39, 0.29) is 17.9 Å². The molecule has 106 valence electrons. The summed E-state index contributed by atoms with van der Waals surface area (Å²) in [6.45, 7) is 7.68. The van der Waals surface area contributed by atoms with Crippen molar-refractivity contribution in [1.29, 1.82) is 0 Å². The number of esters is 1. The summed E-state index contributed by atoms with van der Waals surface area (Å²) >= 11 is 0. The van der Waals surface area contributed by atoms with Gasteiger partial charge in [-0.1, -0.05) is 19.6 Å². The molecule has 0 aromatic carbocycles. The van der Waals surface area contributed by atoms with E-state index >= 15 is 0 Å². The Kier molecular flexibility index (Phi) is 5.50. The summed E-state index contributed by atoms with van der Waals surface area (Å²) < 4.78 is 11.5. The lowest BCUT2D eigenvalue weighted by Gasteiger charge is -2.15. The molecule has 0 fully saturated rings. The van der Waals surface area contributed by atoms with Crippen molar-refractivity contribution in [2.45, 2.75) is 32.4 Å². The molecule has 0 N–H and O–H groups in total. The van der Waals surface area contributed by atoms with Gasteiger partial charge in [-0.2, -0.15) is 0 Å². The van der Waals surface area contributed by atoms with E-state index in [0.717, 1.165) is 6.04 Å². The lowest BCUT2D eigenvalue weighted by molar-refractivity contribution is 0.0598. The summed E-state index contributed by atoms with van der Waals surface area (Å²) in [5.74, 6) is -0.510. The Morgan fingerprint density at radius 3 is 2.58 bits per heavy atom. The van der Waals surface area contributed by atoms with Crippen LogP contribution in [0.2, 0.25) is 25.7 Å². The van der Waals surface area contributed by atoms with E-state index in [4.69, 9.17) is 4.74 Å². The normalized spacial score (nSPS) is 11.4. The second-order valence-corrected chi connectivity index (χ2v) is 11.2. The summed E-state index contributed by atoms with van der Waals surface area (Å²) in [5, 5.41) is 0. The van der Waals surface area contributed by atoms with E-state index in [9.17, 15) is 9.59 Å². The topological polar surface area (TPSA) is 57.5 Å². The molecular formula is C13H21NO4Si. The molecule has 0 saturated heterocycles. The molecule has 0 atom stereocenters. The van der Waals surface area contributed by atoms with E-state index in [0.29, 0.717) is 6.61 Å². The van der Waals surface area contributed by atoms with Crippen LogP contribution < -0.4 is 5.56 Å². The summed E-state index contributed by atoms with van der Waals surface area (Å²) in [4.78, 5) is 23.0. The Hall–Kier alpha value is -1.40. The molecule has 5 nitrogen and oxygen atoms in total. The quantitative estimate of drug-likeness (QED) is 0.455. The van der Waals surface area contributed by atoms with Crippen LogP contribution in [0.1, 0.15) is 10.4 Å². The Balaban J connectivity index is 2.56. The number of carbonyl (C=O) groups is 1. The maximum Gasteiger partial charge on any atom is 0.338 e. The molecule has 0 saturated carbocycles. The molecule has 1 aromatic heterocycles. The zero-order chi connectivity index (χ0) is 14.5. The van der Waals surface area contributed by atoms with E-state index in [2.05, 4.69) is 24.4 Å². The van der Waals surface area contributed by atoms with Crippen LogP contribution in [0.3, 0.4) is 0 Å². The second kappa shape index (κ2) is 6.67. The molecule has 0 unspecified atom stereocenters. The Bertz CT molecular complexity index is 490. The van der Waals surface area contributed by atoms with Crippen LogP contribution in [-0.2, 0) is 16.2 Å². The van der Waals surface area contributed by atoms with Crippen LogP contribution in [0.4, 0.5) is 0 Å². The molecule has 1 rings (SSSR count). The van der Waals surface area contributed by atoms with Gasteiger partial charge < -0.3 is 9.47 Å². The first-order valence-corrected chi connectivity index (χ1v) is 9.91. The highest BCUT2D eigenvalue weighted by Crippen LogP contribution is 2.07. The summed E-state index contributed by atoms with van der Waals surface area (Å²) in [6.07, 6.45) is 1.54. The predicted molar refractivity (Wildman–Crippen MR) is 76.1 cm³/mol. The smallest absolute Gasteiger partial charge is 0.338 e. The van der Waals surface area contributed by atoms with Crippen molar-refractivity contribution >= 4 is 14.0 Å². The van der Waals surface area contributed by atoms with Crippen molar-refractivity contribution in [3.63, 3.8) is 0 Å². The second-order valence-electron chi connectivity index (χ2n) is 5.56. The summed E-state index contributed by atoms with van der Waals surface area (Å²) in [7, 11) is 0.174. The highest BCUT2D eigenvalue weighted by molar-refractivity contribution is 6.76. The van der Waals surface area contributed by atoms with Crippen molar-refractivity contribution in [1.82, 2.24) is 4.57 Å². The molecule has 0 bridgehead atoms. The molecule has 0 spiro atoms. The SMILES string of the molecule is COC(=O)c1ccn(COCC[Si](C)(C)C)c(=O)c1. The first kappa shape index (κ1) is 15.7. The highest BCUT2D eigenvalue weighted by atomic mass is 28.3. The van der Waals surface area contributed by atoms with Crippen molar-refractivity contribution in [3.05, 3.63) is 34.2 Å². The average molecular weight is 283 g/mol. The van der Waals surface area contributed by atoms with Gasteiger partial charge in [-0.15, -0.1) is 0 Å². The fourth-order valence-corrected chi connectivity index (χ4v) is 2.16. The van der Waals surface area contributed by atoms with Crippen LogP contribution in [0, 0.1) is 0 Å². The highest BCUT2D eigenvalue weighted by Gasteiger charge is 2.12. The van der Waals surface area contributed by atoms with Gasteiger partial charge in [0.05, 0.1) is 12.7 Å². The van der Waals surface area contributed by atoms with Crippen LogP contribution in [0.5, 0.6) is 0 Å². The molecule has 19 heavy (non-hydrogen) atoms. The van der Waals surface area contributed by atoms with Crippen molar-refractivity contribution < 1.29 is 14.3 Å². The first-order chi connectivity index (χ1) is 8.83. The van der Waals surface area contributed by atoms with Gasteiger partial charge in [0.1, 0.15) is 6.73 Å². The van der Waals surface area contributed by atoms with E-state index in [1.165, 1.54) is 17.7 Å². The Morgan fingerprint density at radius 2 is 2.05 bits per heavy atom. The first-order valence-electron chi connectivity index (χ1n) is 6.20. The average Bonchev–Trinajstić information content (AvgIpc) is 2.33. The largest absolute Gasteiger partial charge is 0.465 e. The third kappa shape index (κ3) is 5.40. The minimum Gasteiger partial charge on any atom is -0.465 e. The Labute approximate surface area is 114 Å². The van der Waals surface area contributed by atoms with Gasteiger partial charge >= 0.3 is 5.97 Å². The van der Waals surface area contributed by atoms with Crippen LogP contribution in [-0.4, -0.2) is 32.3 Å². The number of hydrogen-bond donors (Lipinski definition) is 0. The minimum atomic E-state index is -1.11. The van der Waals surface area contributed by atoms with Gasteiger partial charge in [0.25, 0.3) is 5.56 Å². The molecular weight excluding hydrogens is 262 g/mol. The van der Waals surface area contributed by atoms with Crippen LogP contribution >= 0.6 is 0 Å². The van der Waals surface area contributed by atoms with Crippen molar-refractivity contribution in [2.75, 3.05) is 13.7 Å². The number of nitrogens with zero attached hydrogens (tertiary/aromatic N) is 1. The van der Waals surface area contributed by atoms with Crippen molar-refractivity contribution in [3.8, 4) is 0 Å². The maximum atomic E-state index is 11.7. The van der Waals surface area contributed by atoms with Gasteiger partial charge in [0.2, 0.25) is 0 Å². The van der Waals surface area contributed by atoms with Gasteiger partial charge in [-0.25, -0.2) is 4.79 Å². The number of aromatic nitrogens is 1. The van der Waals surface area contributed by atoms with Gasteiger partial charge in [-0.05, 0) is 12.1 Å². The standard InChI is InChI=1S/C13H21NO4Si/c1-17-13(16)11-5-6-14(12(15)9-11)10-18-7-8-19(2,3)4/h5-6,9H,7-8,10H2,1-4H3. The summed E-state index contributed by atoms with van der Waals surface area (Å²) in [5.41, 5.74) is -0.0123. The molecule has 0 radical (unpaired) electrons. The molecule has 0 amide bonds. The lowest BCUT2D eigenvalue weighted by atomic mass is 10.3. The fraction of sp³-hybridized carbons (Fsp3) is 0.538. The molecule has 0 aliphatic rings. The van der Waals surface area contributed by atoms with E-state index in [1.807, 2.05) is 0 Å². The van der Waals surface area contributed by atoms with Gasteiger partial charge in [-0.3, -0.25) is 9.36 Å². The van der Waals surface area contributed by atoms with E-state index in [1.54, 1.807) is 12.3 Å². The summed E-state index contributed by atoms with van der Waals surface area (Å²) in [6, 6.07) is 3.87. The number of hydrogen-bond acceptors (Lipinski definition) is 4. The molecule has 6 heteroatoms. The predicted octanol–water partition coefficient (Wildman–Crippen LogP) is 1.95. The van der Waals surface area contributed by atoms with Gasteiger partial charge in [0, 0.05) is 26.9 Å². The van der Waals surface area contributed by atoms with Gasteiger partial charge in [0.15, 0.2) is 0 Å². The zero-order valence-electron chi connectivity index (χ0n) is 11.9. The molecule has 0 aliphatic carbocycles. The molecule has 1 heterocycles.